The smallest absolute Gasteiger partial charge is 0.0958 e. The predicted molar refractivity (Wildman–Crippen MR) is 80.9 cm³/mol. The zero-order chi connectivity index (χ0) is 13.7. The molecule has 2 rings (SSSR count). The molecule has 0 unspecified atom stereocenters. The molecule has 0 aliphatic heterocycles. The van der Waals surface area contributed by atoms with E-state index in [9.17, 15) is 0 Å². The van der Waals surface area contributed by atoms with Gasteiger partial charge in [-0.3, -0.25) is 0 Å². The highest BCUT2D eigenvalue weighted by atomic mass is 35.5. The van der Waals surface area contributed by atoms with Crippen molar-refractivity contribution in [3.63, 3.8) is 0 Å². The Morgan fingerprint density at radius 3 is 2.63 bits per heavy atom. The van der Waals surface area contributed by atoms with E-state index in [-0.39, 0.29) is 0 Å². The second-order valence-electron chi connectivity index (χ2n) is 4.17. The summed E-state index contributed by atoms with van der Waals surface area (Å²) in [7, 11) is 1.70. The molecule has 1 aromatic carbocycles. The Morgan fingerprint density at radius 2 is 2.00 bits per heavy atom. The van der Waals surface area contributed by atoms with Crippen LogP contribution >= 0.6 is 22.9 Å². The minimum absolute atomic E-state index is 0.631. The molecule has 5 heteroatoms. The number of methoxy groups -OCH3 is 1. The van der Waals surface area contributed by atoms with Gasteiger partial charge in [-0.1, -0.05) is 23.7 Å². The molecule has 2 aromatic rings. The number of benzene rings is 1. The van der Waals surface area contributed by atoms with Crippen molar-refractivity contribution in [2.24, 2.45) is 5.73 Å². The molecule has 2 N–H and O–H groups in total. The molecule has 19 heavy (non-hydrogen) atoms. The number of nitrogens with two attached hydrogens (primary N) is 1. The number of ether oxygens (including phenoxy) is 1. The molecule has 0 radical (unpaired) electrons. The first-order chi connectivity index (χ1) is 9.24. The van der Waals surface area contributed by atoms with Crippen LogP contribution in [-0.4, -0.2) is 25.2 Å². The number of aromatic nitrogens is 1. The Balaban J connectivity index is 2.31. The molecule has 0 bridgehead atoms. The monoisotopic (exact) mass is 296 g/mol. The van der Waals surface area contributed by atoms with Crippen molar-refractivity contribution in [3.05, 3.63) is 39.2 Å². The van der Waals surface area contributed by atoms with Crippen LogP contribution in [0, 0.1) is 0 Å². The normalized spacial score (nSPS) is 10.9. The lowest BCUT2D eigenvalue weighted by Crippen LogP contribution is -2.02. The van der Waals surface area contributed by atoms with Crippen LogP contribution in [0.4, 0.5) is 0 Å². The lowest BCUT2D eigenvalue weighted by molar-refractivity contribution is 0.202. The molecule has 0 atom stereocenters. The lowest BCUT2D eigenvalue weighted by atomic mass is 10.1. The molecule has 0 amide bonds. The minimum atomic E-state index is 0.631. The zero-order valence-corrected chi connectivity index (χ0v) is 12.4. The van der Waals surface area contributed by atoms with Crippen molar-refractivity contribution in [2.75, 3.05) is 20.3 Å². The van der Waals surface area contributed by atoms with Crippen molar-refractivity contribution in [1.82, 2.24) is 4.98 Å². The average Bonchev–Trinajstić information content (AvgIpc) is 2.81. The van der Waals surface area contributed by atoms with E-state index >= 15 is 0 Å². The van der Waals surface area contributed by atoms with E-state index in [0.717, 1.165) is 34.1 Å². The molecule has 1 heterocycles. The fraction of sp³-hybridized carbons (Fsp3) is 0.357. The molecule has 3 nitrogen and oxygen atoms in total. The quantitative estimate of drug-likeness (QED) is 0.891. The summed E-state index contributed by atoms with van der Waals surface area (Å²) in [6.07, 6.45) is 1.69. The van der Waals surface area contributed by atoms with E-state index in [4.69, 9.17) is 27.1 Å². The number of thiazole rings is 1. The Hall–Kier alpha value is -0.940. The van der Waals surface area contributed by atoms with E-state index in [1.165, 1.54) is 4.88 Å². The molecule has 0 aliphatic rings. The van der Waals surface area contributed by atoms with Gasteiger partial charge in [-0.25, -0.2) is 4.98 Å². The Labute approximate surface area is 122 Å². The SMILES string of the molecule is COCCc1nc(-c2ccc(Cl)cc2)c(CCN)s1. The van der Waals surface area contributed by atoms with Crippen molar-refractivity contribution >= 4 is 22.9 Å². The summed E-state index contributed by atoms with van der Waals surface area (Å²) in [6.45, 7) is 1.32. The van der Waals surface area contributed by atoms with Gasteiger partial charge in [0, 0.05) is 29.0 Å². The second-order valence-corrected chi connectivity index (χ2v) is 5.77. The minimum Gasteiger partial charge on any atom is -0.384 e. The van der Waals surface area contributed by atoms with Crippen LogP contribution in [0.1, 0.15) is 9.88 Å². The first-order valence-electron chi connectivity index (χ1n) is 6.18. The maximum atomic E-state index is 5.92. The third-order valence-electron chi connectivity index (χ3n) is 2.75. The summed E-state index contributed by atoms with van der Waals surface area (Å²) in [5.74, 6) is 0. The molecule has 0 spiro atoms. The Bertz CT molecular complexity index is 525. The van der Waals surface area contributed by atoms with Gasteiger partial charge in [0.15, 0.2) is 0 Å². The van der Waals surface area contributed by atoms with Crippen molar-refractivity contribution in [2.45, 2.75) is 12.8 Å². The van der Waals surface area contributed by atoms with Crippen LogP contribution in [0.5, 0.6) is 0 Å². The van der Waals surface area contributed by atoms with Crippen LogP contribution in [0.15, 0.2) is 24.3 Å². The first kappa shape index (κ1) is 14.5. The van der Waals surface area contributed by atoms with Gasteiger partial charge >= 0.3 is 0 Å². The van der Waals surface area contributed by atoms with Gasteiger partial charge in [-0.2, -0.15) is 0 Å². The van der Waals surface area contributed by atoms with Gasteiger partial charge in [0.05, 0.1) is 17.3 Å². The van der Waals surface area contributed by atoms with Gasteiger partial charge in [0.25, 0.3) is 0 Å². The van der Waals surface area contributed by atoms with Crippen LogP contribution in [0.25, 0.3) is 11.3 Å². The number of rotatable bonds is 6. The van der Waals surface area contributed by atoms with E-state index in [0.29, 0.717) is 13.2 Å². The second kappa shape index (κ2) is 7.01. The van der Waals surface area contributed by atoms with E-state index in [1.54, 1.807) is 18.4 Å². The molecule has 0 fully saturated rings. The predicted octanol–water partition coefficient (Wildman–Crippen LogP) is 3.15. The van der Waals surface area contributed by atoms with Gasteiger partial charge < -0.3 is 10.5 Å². The van der Waals surface area contributed by atoms with Crippen molar-refractivity contribution in [3.8, 4) is 11.3 Å². The fourth-order valence-electron chi connectivity index (χ4n) is 1.83. The largest absolute Gasteiger partial charge is 0.384 e. The molecule has 0 aliphatic carbocycles. The number of nitrogens with zero attached hydrogens (tertiary/aromatic N) is 1. The van der Waals surface area contributed by atoms with Gasteiger partial charge in [-0.15, -0.1) is 11.3 Å². The first-order valence-corrected chi connectivity index (χ1v) is 7.37. The fourth-order valence-corrected chi connectivity index (χ4v) is 3.04. The molecule has 1 aromatic heterocycles. The summed E-state index contributed by atoms with van der Waals surface area (Å²) in [4.78, 5) is 5.94. The van der Waals surface area contributed by atoms with Gasteiger partial charge in [-0.05, 0) is 25.1 Å². The van der Waals surface area contributed by atoms with Crippen LogP contribution in [0.3, 0.4) is 0 Å². The highest BCUT2D eigenvalue weighted by Gasteiger charge is 2.12. The third kappa shape index (κ3) is 3.76. The van der Waals surface area contributed by atoms with Crippen LogP contribution in [-0.2, 0) is 17.6 Å². The standard InChI is InChI=1S/C14H17ClN2OS/c1-18-9-7-13-17-14(12(19-13)6-8-16)10-2-4-11(15)5-3-10/h2-5H,6-9,16H2,1H3. The number of halogens is 1. The number of hydrogen-bond acceptors (Lipinski definition) is 4. The lowest BCUT2D eigenvalue weighted by Gasteiger charge is -2.01. The zero-order valence-electron chi connectivity index (χ0n) is 10.9. The number of hydrogen-bond donors (Lipinski definition) is 1. The molecule has 0 saturated heterocycles. The molecular formula is C14H17ClN2OS. The third-order valence-corrected chi connectivity index (χ3v) is 4.18. The highest BCUT2D eigenvalue weighted by Crippen LogP contribution is 2.29. The van der Waals surface area contributed by atoms with E-state index < -0.39 is 0 Å². The summed E-state index contributed by atoms with van der Waals surface area (Å²) in [5.41, 5.74) is 7.79. The van der Waals surface area contributed by atoms with Gasteiger partial charge in [0.2, 0.25) is 0 Å². The summed E-state index contributed by atoms with van der Waals surface area (Å²) in [6, 6.07) is 7.77. The van der Waals surface area contributed by atoms with Crippen LogP contribution in [0.2, 0.25) is 5.02 Å². The summed E-state index contributed by atoms with van der Waals surface area (Å²) >= 11 is 7.64. The maximum Gasteiger partial charge on any atom is 0.0958 e. The average molecular weight is 297 g/mol. The van der Waals surface area contributed by atoms with Crippen LogP contribution < -0.4 is 5.73 Å². The van der Waals surface area contributed by atoms with Crippen molar-refractivity contribution < 1.29 is 4.74 Å². The molecule has 102 valence electrons. The van der Waals surface area contributed by atoms with Crippen molar-refractivity contribution in [1.29, 1.82) is 0 Å². The Morgan fingerprint density at radius 1 is 1.26 bits per heavy atom. The summed E-state index contributed by atoms with van der Waals surface area (Å²) in [5, 5.41) is 1.83. The highest BCUT2D eigenvalue weighted by molar-refractivity contribution is 7.12. The Kier molecular flexibility index (Phi) is 5.34. The van der Waals surface area contributed by atoms with E-state index in [1.807, 2.05) is 24.3 Å². The van der Waals surface area contributed by atoms with E-state index in [2.05, 4.69) is 0 Å². The molecule has 0 saturated carbocycles. The maximum absolute atomic E-state index is 5.92. The topological polar surface area (TPSA) is 48.1 Å². The van der Waals surface area contributed by atoms with Gasteiger partial charge in [0.1, 0.15) is 0 Å². The summed E-state index contributed by atoms with van der Waals surface area (Å²) < 4.78 is 5.10. The molecular weight excluding hydrogens is 280 g/mol.